The molecule has 0 aromatic heterocycles. The number of hydrogen-bond acceptors (Lipinski definition) is 3. The molecule has 3 rings (SSSR count). The minimum absolute atomic E-state index is 0.0787. The zero-order valence-corrected chi connectivity index (χ0v) is 14.9. The maximum atomic E-state index is 13.2. The minimum Gasteiger partial charge on any atom is -0.296 e. The summed E-state index contributed by atoms with van der Waals surface area (Å²) in [5.74, 6) is -0.928. The predicted octanol–water partition coefficient (Wildman–Crippen LogP) is 3.12. The van der Waals surface area contributed by atoms with Gasteiger partial charge in [-0.25, -0.2) is 17.2 Å². The molecule has 2 aromatic carbocycles. The Kier molecular flexibility index (Phi) is 5.38. The van der Waals surface area contributed by atoms with Crippen molar-refractivity contribution in [3.63, 3.8) is 0 Å². The molecule has 25 heavy (non-hydrogen) atoms. The highest BCUT2D eigenvalue weighted by molar-refractivity contribution is 7.89. The summed E-state index contributed by atoms with van der Waals surface area (Å²) in [6.07, 6.45) is 0. The molecule has 0 atom stereocenters. The Labute approximate surface area is 150 Å². The van der Waals surface area contributed by atoms with Gasteiger partial charge in [-0.2, -0.15) is 4.31 Å². The van der Waals surface area contributed by atoms with Crippen LogP contribution < -0.4 is 0 Å². The van der Waals surface area contributed by atoms with E-state index in [0.29, 0.717) is 32.7 Å². The van der Waals surface area contributed by atoms with Crippen LogP contribution in [0, 0.1) is 11.6 Å². The summed E-state index contributed by atoms with van der Waals surface area (Å²) in [5.41, 5.74) is 0.876. The Hall–Kier alpha value is -1.54. The van der Waals surface area contributed by atoms with Crippen LogP contribution in [0.25, 0.3) is 0 Å². The molecule has 134 valence electrons. The fourth-order valence-corrected chi connectivity index (χ4v) is 4.41. The second-order valence-electron chi connectivity index (χ2n) is 5.88. The van der Waals surface area contributed by atoms with Crippen LogP contribution in [0.3, 0.4) is 0 Å². The van der Waals surface area contributed by atoms with Gasteiger partial charge in [0.25, 0.3) is 0 Å². The van der Waals surface area contributed by atoms with Gasteiger partial charge >= 0.3 is 0 Å². The maximum Gasteiger partial charge on any atom is 0.243 e. The van der Waals surface area contributed by atoms with E-state index in [0.717, 1.165) is 17.7 Å². The lowest BCUT2D eigenvalue weighted by molar-refractivity contribution is 0.181. The van der Waals surface area contributed by atoms with Crippen molar-refractivity contribution in [2.45, 2.75) is 11.4 Å². The van der Waals surface area contributed by atoms with E-state index in [-0.39, 0.29) is 9.92 Å². The summed E-state index contributed by atoms with van der Waals surface area (Å²) < 4.78 is 52.7. The lowest BCUT2D eigenvalue weighted by Crippen LogP contribution is -2.48. The van der Waals surface area contributed by atoms with Crippen LogP contribution >= 0.6 is 11.6 Å². The Balaban J connectivity index is 1.63. The summed E-state index contributed by atoms with van der Waals surface area (Å²) in [6.45, 7) is 2.36. The smallest absolute Gasteiger partial charge is 0.243 e. The van der Waals surface area contributed by atoms with E-state index in [1.54, 1.807) is 12.1 Å². The molecule has 1 aliphatic heterocycles. The molecule has 1 heterocycles. The summed E-state index contributed by atoms with van der Waals surface area (Å²) in [7, 11) is -3.62. The average molecular weight is 387 g/mol. The lowest BCUT2D eigenvalue weighted by Gasteiger charge is -2.34. The topological polar surface area (TPSA) is 40.6 Å². The fraction of sp³-hybridized carbons (Fsp3) is 0.294. The molecule has 1 aliphatic rings. The molecular formula is C17H17ClF2N2O2S. The number of sulfonamides is 1. The van der Waals surface area contributed by atoms with Crippen molar-refractivity contribution in [3.8, 4) is 0 Å². The van der Waals surface area contributed by atoms with Gasteiger partial charge in [0.15, 0.2) is 0 Å². The summed E-state index contributed by atoms with van der Waals surface area (Å²) in [6, 6.07) is 9.41. The molecule has 0 spiro atoms. The molecule has 1 saturated heterocycles. The van der Waals surface area contributed by atoms with E-state index in [4.69, 9.17) is 11.6 Å². The van der Waals surface area contributed by atoms with Gasteiger partial charge in [0, 0.05) is 32.7 Å². The minimum atomic E-state index is -3.62. The first-order chi connectivity index (χ1) is 11.9. The largest absolute Gasteiger partial charge is 0.296 e. The van der Waals surface area contributed by atoms with Crippen molar-refractivity contribution in [2.24, 2.45) is 0 Å². The Bertz CT molecular complexity index is 851. The van der Waals surface area contributed by atoms with Gasteiger partial charge in [-0.3, -0.25) is 4.90 Å². The number of hydrogen-bond donors (Lipinski definition) is 0. The lowest BCUT2D eigenvalue weighted by atomic mass is 10.2. The van der Waals surface area contributed by atoms with E-state index >= 15 is 0 Å². The molecule has 0 unspecified atom stereocenters. The molecule has 0 aliphatic carbocycles. The average Bonchev–Trinajstić information content (AvgIpc) is 2.59. The maximum absolute atomic E-state index is 13.2. The van der Waals surface area contributed by atoms with E-state index in [1.807, 2.05) is 0 Å². The molecule has 0 radical (unpaired) electrons. The van der Waals surface area contributed by atoms with Crippen LogP contribution in [0.4, 0.5) is 8.78 Å². The summed E-state index contributed by atoms with van der Waals surface area (Å²) >= 11 is 5.79. The van der Waals surface area contributed by atoms with Crippen LogP contribution in [0.15, 0.2) is 47.4 Å². The van der Waals surface area contributed by atoms with E-state index in [1.165, 1.54) is 22.5 Å². The van der Waals surface area contributed by atoms with Gasteiger partial charge in [0.05, 0.1) is 9.92 Å². The SMILES string of the molecule is O=S(=O)(c1ccc(F)cc1)N1CCN(Cc2ccc(F)c(Cl)c2)CC1. The molecule has 0 saturated carbocycles. The Morgan fingerprint density at radius 1 is 0.960 bits per heavy atom. The van der Waals surface area contributed by atoms with Crippen LogP contribution in [0.1, 0.15) is 5.56 Å². The van der Waals surface area contributed by atoms with Crippen LogP contribution in [-0.2, 0) is 16.6 Å². The van der Waals surface area contributed by atoms with Gasteiger partial charge in [-0.1, -0.05) is 17.7 Å². The zero-order valence-electron chi connectivity index (χ0n) is 13.3. The molecular weight excluding hydrogens is 370 g/mol. The molecule has 0 amide bonds. The van der Waals surface area contributed by atoms with Crippen molar-refractivity contribution in [1.29, 1.82) is 0 Å². The van der Waals surface area contributed by atoms with Crippen molar-refractivity contribution >= 4 is 21.6 Å². The number of benzene rings is 2. The normalized spacial score (nSPS) is 16.9. The van der Waals surface area contributed by atoms with Gasteiger partial charge in [0.1, 0.15) is 11.6 Å². The zero-order chi connectivity index (χ0) is 18.0. The van der Waals surface area contributed by atoms with Crippen molar-refractivity contribution < 1.29 is 17.2 Å². The summed E-state index contributed by atoms with van der Waals surface area (Å²) in [4.78, 5) is 2.17. The molecule has 0 N–H and O–H groups in total. The van der Waals surface area contributed by atoms with Gasteiger partial charge in [-0.05, 0) is 42.0 Å². The van der Waals surface area contributed by atoms with Crippen molar-refractivity contribution in [1.82, 2.24) is 9.21 Å². The van der Waals surface area contributed by atoms with Crippen LogP contribution in [0.2, 0.25) is 5.02 Å². The van der Waals surface area contributed by atoms with Gasteiger partial charge in [-0.15, -0.1) is 0 Å². The van der Waals surface area contributed by atoms with E-state index < -0.39 is 21.7 Å². The quantitative estimate of drug-likeness (QED) is 0.810. The second kappa shape index (κ2) is 7.37. The predicted molar refractivity (Wildman–Crippen MR) is 91.8 cm³/mol. The second-order valence-corrected chi connectivity index (χ2v) is 8.23. The monoisotopic (exact) mass is 386 g/mol. The third-order valence-corrected chi connectivity index (χ3v) is 6.38. The highest BCUT2D eigenvalue weighted by atomic mass is 35.5. The highest BCUT2D eigenvalue weighted by Gasteiger charge is 2.28. The standard InChI is InChI=1S/C17H17ClF2N2O2S/c18-16-11-13(1-6-17(16)20)12-21-7-9-22(10-8-21)25(23,24)15-4-2-14(19)3-5-15/h1-6,11H,7-10,12H2. The first kappa shape index (κ1) is 18.3. The highest BCUT2D eigenvalue weighted by Crippen LogP contribution is 2.20. The molecule has 2 aromatic rings. The molecule has 8 heteroatoms. The van der Waals surface area contributed by atoms with Crippen molar-refractivity contribution in [2.75, 3.05) is 26.2 Å². The van der Waals surface area contributed by atoms with Gasteiger partial charge in [0.2, 0.25) is 10.0 Å². The first-order valence-corrected chi connectivity index (χ1v) is 9.60. The number of piperazine rings is 1. The van der Waals surface area contributed by atoms with Gasteiger partial charge < -0.3 is 0 Å². The third-order valence-electron chi connectivity index (χ3n) is 4.17. The number of rotatable bonds is 4. The first-order valence-electron chi connectivity index (χ1n) is 7.78. The van der Waals surface area contributed by atoms with Crippen LogP contribution in [-0.4, -0.2) is 43.8 Å². The summed E-state index contributed by atoms with van der Waals surface area (Å²) in [5, 5.41) is 0.0787. The van der Waals surface area contributed by atoms with E-state index in [2.05, 4.69) is 4.90 Å². The molecule has 1 fully saturated rings. The number of halogens is 3. The molecule has 0 bridgehead atoms. The molecule has 4 nitrogen and oxygen atoms in total. The Morgan fingerprint density at radius 2 is 1.60 bits per heavy atom. The fourth-order valence-electron chi connectivity index (χ4n) is 2.78. The Morgan fingerprint density at radius 3 is 2.20 bits per heavy atom. The van der Waals surface area contributed by atoms with Crippen LogP contribution in [0.5, 0.6) is 0 Å². The number of nitrogens with zero attached hydrogens (tertiary/aromatic N) is 2. The third kappa shape index (κ3) is 4.17. The van der Waals surface area contributed by atoms with E-state index in [9.17, 15) is 17.2 Å². The van der Waals surface area contributed by atoms with Crippen molar-refractivity contribution in [3.05, 3.63) is 64.7 Å².